The second-order valence-corrected chi connectivity index (χ2v) is 11.7. The van der Waals surface area contributed by atoms with Crippen molar-refractivity contribution in [3.63, 3.8) is 0 Å². The summed E-state index contributed by atoms with van der Waals surface area (Å²) in [6, 6.07) is 17.5. The Morgan fingerprint density at radius 3 is 2.50 bits per heavy atom. The topological polar surface area (TPSA) is 75.7 Å². The van der Waals surface area contributed by atoms with Crippen molar-refractivity contribution in [3.05, 3.63) is 70.6 Å². The van der Waals surface area contributed by atoms with Gasteiger partial charge in [0.25, 0.3) is 5.91 Å². The van der Waals surface area contributed by atoms with Gasteiger partial charge in [-0.1, -0.05) is 42.5 Å². The van der Waals surface area contributed by atoms with Gasteiger partial charge < -0.3 is 10.1 Å². The number of carbonyl (C=O) groups is 1. The van der Waals surface area contributed by atoms with Crippen LogP contribution in [0.1, 0.15) is 20.8 Å². The van der Waals surface area contributed by atoms with Gasteiger partial charge in [0.05, 0.1) is 28.5 Å². The van der Waals surface area contributed by atoms with Crippen LogP contribution in [0.25, 0.3) is 19.5 Å². The molecule has 0 atom stereocenters. The lowest BCUT2D eigenvalue weighted by atomic mass is 10.1. The highest BCUT2D eigenvalue weighted by Crippen LogP contribution is 2.39. The number of hydrogen-bond donors (Lipinski definition) is 1. The molecule has 1 amide bonds. The predicted molar refractivity (Wildman–Crippen MR) is 130 cm³/mol. The van der Waals surface area contributed by atoms with E-state index in [1.807, 2.05) is 42.5 Å². The van der Waals surface area contributed by atoms with E-state index >= 15 is 0 Å². The van der Waals surface area contributed by atoms with Gasteiger partial charge in [-0.15, -0.1) is 22.7 Å². The summed E-state index contributed by atoms with van der Waals surface area (Å²) in [4.78, 5) is 13.5. The Kier molecular flexibility index (Phi) is 6.00. The number of nitrogens with one attached hydrogen (secondary N) is 1. The zero-order chi connectivity index (χ0) is 22.1. The predicted octanol–water partition coefficient (Wildman–Crippen LogP) is 4.21. The molecule has 32 heavy (non-hydrogen) atoms. The molecule has 2 aromatic carbocycles. The molecule has 0 bridgehead atoms. The Bertz CT molecular complexity index is 1380. The number of ether oxygens (including phenoxy) is 1. The maximum Gasteiger partial charge on any atom is 0.261 e. The number of sulfonamides is 1. The van der Waals surface area contributed by atoms with Crippen LogP contribution in [-0.2, 0) is 27.1 Å². The number of carbonyl (C=O) groups excluding carboxylic acids is 1. The highest BCUT2D eigenvalue weighted by atomic mass is 32.2. The lowest BCUT2D eigenvalue weighted by Gasteiger charge is -2.26. The first-order chi connectivity index (χ1) is 15.5. The second-order valence-electron chi connectivity index (χ2n) is 7.62. The summed E-state index contributed by atoms with van der Waals surface area (Å²) in [5, 5.41) is 4.14. The van der Waals surface area contributed by atoms with Crippen molar-refractivity contribution in [2.75, 3.05) is 26.3 Å². The SMILES string of the molecule is O=C(NCc1ccccc1CS(=O)(=O)N1CCOCC1)c1cc2sc3ccccc3c2s1. The normalized spacial score (nSPS) is 15.4. The second kappa shape index (κ2) is 8.92. The number of amides is 1. The van der Waals surface area contributed by atoms with Gasteiger partial charge in [-0.05, 0) is 23.3 Å². The van der Waals surface area contributed by atoms with Crippen LogP contribution < -0.4 is 5.32 Å². The summed E-state index contributed by atoms with van der Waals surface area (Å²) in [7, 11) is -3.44. The quantitative estimate of drug-likeness (QED) is 0.443. The van der Waals surface area contributed by atoms with Crippen molar-refractivity contribution in [1.82, 2.24) is 9.62 Å². The fraction of sp³-hybridized carbons (Fsp3) is 0.261. The molecule has 1 saturated heterocycles. The average molecular weight is 487 g/mol. The maximum atomic E-state index is 12.8. The third kappa shape index (κ3) is 4.31. The number of benzene rings is 2. The molecule has 0 spiro atoms. The minimum absolute atomic E-state index is 0.0836. The highest BCUT2D eigenvalue weighted by molar-refractivity contribution is 7.88. The van der Waals surface area contributed by atoms with E-state index in [4.69, 9.17) is 4.74 Å². The zero-order valence-electron chi connectivity index (χ0n) is 17.2. The summed E-state index contributed by atoms with van der Waals surface area (Å²) in [5.74, 6) is -0.229. The third-order valence-corrected chi connectivity index (χ3v) is 9.77. The van der Waals surface area contributed by atoms with E-state index in [1.165, 1.54) is 25.7 Å². The van der Waals surface area contributed by atoms with Gasteiger partial charge in [0.2, 0.25) is 10.0 Å². The van der Waals surface area contributed by atoms with Crippen molar-refractivity contribution < 1.29 is 17.9 Å². The van der Waals surface area contributed by atoms with Crippen molar-refractivity contribution in [1.29, 1.82) is 0 Å². The van der Waals surface area contributed by atoms with Crippen LogP contribution >= 0.6 is 22.7 Å². The minimum atomic E-state index is -3.44. The average Bonchev–Trinajstić information content (AvgIpc) is 3.37. The molecule has 6 nitrogen and oxygen atoms in total. The van der Waals surface area contributed by atoms with Gasteiger partial charge in [0, 0.05) is 34.4 Å². The van der Waals surface area contributed by atoms with E-state index in [1.54, 1.807) is 11.3 Å². The monoisotopic (exact) mass is 486 g/mol. The number of morpholine rings is 1. The molecular formula is C23H22N2O4S3. The Hall–Kier alpha value is -2.30. The summed E-state index contributed by atoms with van der Waals surface area (Å²) < 4.78 is 35.9. The number of hydrogen-bond acceptors (Lipinski definition) is 6. The molecule has 0 unspecified atom stereocenters. The first-order valence-electron chi connectivity index (χ1n) is 10.3. The molecule has 5 rings (SSSR count). The van der Waals surface area contributed by atoms with E-state index < -0.39 is 10.0 Å². The van der Waals surface area contributed by atoms with Crippen LogP contribution in [0.15, 0.2) is 54.6 Å². The van der Waals surface area contributed by atoms with Crippen LogP contribution in [0.4, 0.5) is 0 Å². The molecular weight excluding hydrogens is 464 g/mol. The van der Waals surface area contributed by atoms with Gasteiger partial charge in [-0.3, -0.25) is 4.79 Å². The Labute approximate surface area is 194 Å². The first kappa shape index (κ1) is 21.5. The number of nitrogens with zero attached hydrogens (tertiary/aromatic N) is 1. The van der Waals surface area contributed by atoms with E-state index in [2.05, 4.69) is 17.4 Å². The van der Waals surface area contributed by atoms with E-state index in [0.29, 0.717) is 36.7 Å². The van der Waals surface area contributed by atoms with Crippen molar-refractivity contribution in [2.45, 2.75) is 12.3 Å². The third-order valence-electron chi connectivity index (χ3n) is 5.53. The fourth-order valence-corrected chi connectivity index (χ4v) is 7.86. The highest BCUT2D eigenvalue weighted by Gasteiger charge is 2.25. The van der Waals surface area contributed by atoms with Gasteiger partial charge >= 0.3 is 0 Å². The van der Waals surface area contributed by atoms with Gasteiger partial charge in [-0.2, -0.15) is 4.31 Å². The van der Waals surface area contributed by atoms with Gasteiger partial charge in [0.1, 0.15) is 0 Å². The zero-order valence-corrected chi connectivity index (χ0v) is 19.7. The molecule has 166 valence electrons. The van der Waals surface area contributed by atoms with Crippen LogP contribution in [0.2, 0.25) is 0 Å². The van der Waals surface area contributed by atoms with Crippen LogP contribution in [0.5, 0.6) is 0 Å². The number of fused-ring (bicyclic) bond motifs is 3. The molecule has 9 heteroatoms. The Balaban J connectivity index is 1.31. The minimum Gasteiger partial charge on any atom is -0.379 e. The smallest absolute Gasteiger partial charge is 0.261 e. The van der Waals surface area contributed by atoms with Crippen LogP contribution in [0, 0.1) is 0 Å². The maximum absolute atomic E-state index is 12.8. The number of thiophene rings is 2. The lowest BCUT2D eigenvalue weighted by molar-refractivity contribution is 0.0729. The molecule has 1 aliphatic heterocycles. The summed E-state index contributed by atoms with van der Waals surface area (Å²) in [6.07, 6.45) is 0. The molecule has 2 aromatic heterocycles. The molecule has 0 aliphatic carbocycles. The first-order valence-corrected chi connectivity index (χ1v) is 13.6. The molecule has 0 saturated carbocycles. The Morgan fingerprint density at radius 1 is 0.969 bits per heavy atom. The standard InChI is InChI=1S/C23H22N2O4S3/c26-23(21-13-20-22(31-21)18-7-3-4-8-19(18)30-20)24-14-16-5-1-2-6-17(16)15-32(27,28)25-9-11-29-12-10-25/h1-8,13H,9-12,14-15H2,(H,24,26). The molecule has 4 aromatic rings. The lowest BCUT2D eigenvalue weighted by Crippen LogP contribution is -2.41. The molecule has 1 aliphatic rings. The van der Waals surface area contributed by atoms with E-state index in [0.717, 1.165) is 15.0 Å². The summed E-state index contributed by atoms with van der Waals surface area (Å²) >= 11 is 3.18. The van der Waals surface area contributed by atoms with Crippen molar-refractivity contribution in [3.8, 4) is 0 Å². The van der Waals surface area contributed by atoms with Crippen LogP contribution in [-0.4, -0.2) is 44.9 Å². The largest absolute Gasteiger partial charge is 0.379 e. The van der Waals surface area contributed by atoms with Gasteiger partial charge in [-0.25, -0.2) is 8.42 Å². The summed E-state index contributed by atoms with van der Waals surface area (Å²) in [5.41, 5.74) is 1.51. The summed E-state index contributed by atoms with van der Waals surface area (Å²) in [6.45, 7) is 1.88. The van der Waals surface area contributed by atoms with Gasteiger partial charge in [0.15, 0.2) is 0 Å². The van der Waals surface area contributed by atoms with Crippen molar-refractivity contribution >= 4 is 58.1 Å². The molecule has 0 radical (unpaired) electrons. The Morgan fingerprint density at radius 2 is 1.69 bits per heavy atom. The van der Waals surface area contributed by atoms with Crippen LogP contribution in [0.3, 0.4) is 0 Å². The fourth-order valence-electron chi connectivity index (χ4n) is 3.86. The molecule has 1 fully saturated rings. The molecule has 1 N–H and O–H groups in total. The number of rotatable bonds is 6. The molecule has 3 heterocycles. The van der Waals surface area contributed by atoms with E-state index in [9.17, 15) is 13.2 Å². The van der Waals surface area contributed by atoms with E-state index in [-0.39, 0.29) is 18.2 Å². The van der Waals surface area contributed by atoms with Crippen molar-refractivity contribution in [2.24, 2.45) is 0 Å².